The smallest absolute Gasteiger partial charge is 0.124 e. The summed E-state index contributed by atoms with van der Waals surface area (Å²) in [5.41, 5.74) is 1.11. The van der Waals surface area contributed by atoms with Crippen LogP contribution in [-0.4, -0.2) is 38.6 Å². The van der Waals surface area contributed by atoms with Crippen molar-refractivity contribution in [3.8, 4) is 5.75 Å². The fourth-order valence-electron chi connectivity index (χ4n) is 3.08. The molecule has 1 aromatic carbocycles. The van der Waals surface area contributed by atoms with Gasteiger partial charge in [-0.1, -0.05) is 18.2 Å². The highest BCUT2D eigenvalue weighted by molar-refractivity contribution is 5.33. The average Bonchev–Trinajstić information content (AvgIpc) is 2.89. The molecule has 2 fully saturated rings. The summed E-state index contributed by atoms with van der Waals surface area (Å²) in [6, 6.07) is 8.25. The van der Waals surface area contributed by atoms with E-state index in [1.807, 2.05) is 13.1 Å². The van der Waals surface area contributed by atoms with E-state index in [4.69, 9.17) is 14.2 Å². The zero-order chi connectivity index (χ0) is 13.8. The van der Waals surface area contributed by atoms with Crippen LogP contribution in [0.4, 0.5) is 0 Å². The molecule has 2 aliphatic heterocycles. The highest BCUT2D eigenvalue weighted by Gasteiger charge is 2.41. The molecule has 0 amide bonds. The lowest BCUT2D eigenvalue weighted by atomic mass is 9.91. The molecule has 0 aromatic heterocycles. The van der Waals surface area contributed by atoms with Gasteiger partial charge in [-0.15, -0.1) is 0 Å². The third kappa shape index (κ3) is 2.97. The monoisotopic (exact) mass is 277 g/mol. The van der Waals surface area contributed by atoms with Crippen molar-refractivity contribution < 1.29 is 14.2 Å². The van der Waals surface area contributed by atoms with Crippen molar-refractivity contribution in [1.29, 1.82) is 0 Å². The summed E-state index contributed by atoms with van der Waals surface area (Å²) in [5.74, 6) is 0.989. The summed E-state index contributed by atoms with van der Waals surface area (Å²) >= 11 is 0. The molecule has 0 saturated carbocycles. The Morgan fingerprint density at radius 1 is 1.35 bits per heavy atom. The molecule has 0 aliphatic carbocycles. The van der Waals surface area contributed by atoms with E-state index in [-0.39, 0.29) is 11.7 Å². The van der Waals surface area contributed by atoms with Gasteiger partial charge in [0.2, 0.25) is 0 Å². The molecular weight excluding hydrogens is 254 g/mol. The van der Waals surface area contributed by atoms with E-state index in [9.17, 15) is 0 Å². The normalized spacial score (nSPS) is 29.8. The first-order chi connectivity index (χ1) is 9.81. The summed E-state index contributed by atoms with van der Waals surface area (Å²) in [6.45, 7) is 3.12. The number of hydrogen-bond acceptors (Lipinski definition) is 4. The van der Waals surface area contributed by atoms with Gasteiger partial charge in [0.25, 0.3) is 0 Å². The van der Waals surface area contributed by atoms with Crippen molar-refractivity contribution in [1.82, 2.24) is 5.32 Å². The van der Waals surface area contributed by atoms with Crippen LogP contribution in [0.25, 0.3) is 0 Å². The molecule has 3 rings (SSSR count). The molecule has 4 nitrogen and oxygen atoms in total. The van der Waals surface area contributed by atoms with Crippen molar-refractivity contribution in [3.05, 3.63) is 29.8 Å². The Morgan fingerprint density at radius 3 is 3.05 bits per heavy atom. The molecule has 2 heterocycles. The maximum absolute atomic E-state index is 6.25. The van der Waals surface area contributed by atoms with Gasteiger partial charge in [-0.25, -0.2) is 0 Å². The Labute approximate surface area is 120 Å². The third-order valence-electron chi connectivity index (χ3n) is 4.15. The van der Waals surface area contributed by atoms with Crippen molar-refractivity contribution in [3.63, 3.8) is 0 Å². The molecular formula is C16H23NO3. The fraction of sp³-hybridized carbons (Fsp3) is 0.625. The van der Waals surface area contributed by atoms with Crippen LogP contribution >= 0.6 is 0 Å². The molecule has 2 atom stereocenters. The Hall–Kier alpha value is -1.10. The van der Waals surface area contributed by atoms with Gasteiger partial charge in [0.15, 0.2) is 0 Å². The van der Waals surface area contributed by atoms with Crippen LogP contribution in [0, 0.1) is 0 Å². The summed E-state index contributed by atoms with van der Waals surface area (Å²) in [4.78, 5) is 0. The molecule has 1 spiro atoms. The lowest BCUT2D eigenvalue weighted by Crippen LogP contribution is -2.44. The largest absolute Gasteiger partial charge is 0.490 e. The molecule has 0 bridgehead atoms. The van der Waals surface area contributed by atoms with Crippen LogP contribution in [0.1, 0.15) is 24.8 Å². The summed E-state index contributed by atoms with van der Waals surface area (Å²) in [7, 11) is 1.95. The predicted molar refractivity (Wildman–Crippen MR) is 77.0 cm³/mol. The van der Waals surface area contributed by atoms with Crippen LogP contribution in [0.5, 0.6) is 5.75 Å². The van der Waals surface area contributed by atoms with Gasteiger partial charge in [-0.2, -0.15) is 0 Å². The van der Waals surface area contributed by atoms with E-state index >= 15 is 0 Å². The van der Waals surface area contributed by atoms with Crippen LogP contribution in [0.2, 0.25) is 0 Å². The lowest BCUT2D eigenvalue weighted by molar-refractivity contribution is -0.112. The van der Waals surface area contributed by atoms with E-state index in [1.54, 1.807) is 0 Å². The average molecular weight is 277 g/mol. The van der Waals surface area contributed by atoms with Crippen molar-refractivity contribution in [2.45, 2.75) is 37.5 Å². The molecule has 1 N–H and O–H groups in total. The minimum Gasteiger partial charge on any atom is -0.490 e. The van der Waals surface area contributed by atoms with E-state index in [2.05, 4.69) is 23.5 Å². The van der Waals surface area contributed by atoms with Gasteiger partial charge >= 0.3 is 0 Å². The van der Waals surface area contributed by atoms with Crippen molar-refractivity contribution in [2.75, 3.05) is 26.9 Å². The van der Waals surface area contributed by atoms with Gasteiger partial charge in [-0.05, 0) is 13.1 Å². The molecule has 110 valence electrons. The summed E-state index contributed by atoms with van der Waals surface area (Å²) < 4.78 is 17.7. The minimum absolute atomic E-state index is 0.0964. The molecule has 1 aromatic rings. The number of benzene rings is 1. The maximum atomic E-state index is 6.25. The first-order valence-electron chi connectivity index (χ1n) is 7.42. The maximum Gasteiger partial charge on any atom is 0.124 e. The molecule has 20 heavy (non-hydrogen) atoms. The number of nitrogens with one attached hydrogen (secondary N) is 1. The predicted octanol–water partition coefficient (Wildman–Crippen LogP) is 2.12. The second-order valence-corrected chi connectivity index (χ2v) is 5.70. The molecule has 4 heteroatoms. The van der Waals surface area contributed by atoms with E-state index in [0.717, 1.165) is 44.8 Å². The molecule has 2 unspecified atom stereocenters. The molecule has 2 saturated heterocycles. The highest BCUT2D eigenvalue weighted by Crippen LogP contribution is 2.35. The van der Waals surface area contributed by atoms with Crippen LogP contribution in [-0.2, 0) is 16.0 Å². The fourth-order valence-corrected chi connectivity index (χ4v) is 3.08. The van der Waals surface area contributed by atoms with E-state index < -0.39 is 0 Å². The Kier molecular flexibility index (Phi) is 4.24. The Morgan fingerprint density at radius 2 is 2.25 bits per heavy atom. The third-order valence-corrected chi connectivity index (χ3v) is 4.15. The van der Waals surface area contributed by atoms with Crippen LogP contribution in [0.15, 0.2) is 24.3 Å². The summed E-state index contributed by atoms with van der Waals surface area (Å²) in [6.07, 6.45) is 3.10. The van der Waals surface area contributed by atoms with Crippen LogP contribution < -0.4 is 10.1 Å². The number of para-hydroxylation sites is 1. The number of rotatable bonds is 4. The van der Waals surface area contributed by atoms with E-state index in [1.165, 1.54) is 5.56 Å². The Bertz CT molecular complexity index is 443. The molecule has 2 aliphatic rings. The quantitative estimate of drug-likeness (QED) is 0.915. The van der Waals surface area contributed by atoms with Crippen molar-refractivity contribution in [2.24, 2.45) is 0 Å². The first kappa shape index (κ1) is 13.9. The second kappa shape index (κ2) is 6.12. The Balaban J connectivity index is 1.68. The number of hydrogen-bond donors (Lipinski definition) is 1. The second-order valence-electron chi connectivity index (χ2n) is 5.70. The van der Waals surface area contributed by atoms with Gasteiger partial charge < -0.3 is 19.5 Å². The summed E-state index contributed by atoms with van der Waals surface area (Å²) in [5, 5.41) is 3.19. The van der Waals surface area contributed by atoms with E-state index in [0.29, 0.717) is 6.61 Å². The zero-order valence-corrected chi connectivity index (χ0v) is 12.1. The lowest BCUT2D eigenvalue weighted by Gasteiger charge is -2.37. The zero-order valence-electron chi connectivity index (χ0n) is 12.1. The van der Waals surface area contributed by atoms with Crippen LogP contribution in [0.3, 0.4) is 0 Å². The van der Waals surface area contributed by atoms with Gasteiger partial charge in [0, 0.05) is 38.0 Å². The SMILES string of the molecule is CNCc1ccccc1OC1CCOC2(CCOC2)C1. The van der Waals surface area contributed by atoms with Gasteiger partial charge in [0.1, 0.15) is 11.9 Å². The first-order valence-corrected chi connectivity index (χ1v) is 7.42. The van der Waals surface area contributed by atoms with Gasteiger partial charge in [-0.3, -0.25) is 0 Å². The molecule has 0 radical (unpaired) electrons. The standard InChI is InChI=1S/C16H23NO3/c1-17-11-13-4-2-3-5-15(13)20-14-6-8-19-16(10-14)7-9-18-12-16/h2-5,14,17H,6-12H2,1H3. The number of ether oxygens (including phenoxy) is 3. The topological polar surface area (TPSA) is 39.7 Å². The van der Waals surface area contributed by atoms with Gasteiger partial charge in [0.05, 0.1) is 18.8 Å². The van der Waals surface area contributed by atoms with Crippen molar-refractivity contribution >= 4 is 0 Å². The highest BCUT2D eigenvalue weighted by atomic mass is 16.6. The minimum atomic E-state index is -0.0964.